The molecule has 120 valence electrons. The molecule has 0 spiro atoms. The van der Waals surface area contributed by atoms with Gasteiger partial charge in [-0.15, -0.1) is 0 Å². The number of halogens is 1. The molecule has 0 radical (unpaired) electrons. The van der Waals surface area contributed by atoms with E-state index in [1.165, 1.54) is 18.5 Å². The van der Waals surface area contributed by atoms with Crippen molar-refractivity contribution in [2.75, 3.05) is 6.54 Å². The molecular formula is C19H21ClN2O. The first-order chi connectivity index (χ1) is 11.2. The SMILES string of the molecule is O=C(C1CCCC1)N1CCn2cccc2[C@@H]1c1cccc(Cl)c1. The molecule has 1 atom stereocenters. The summed E-state index contributed by atoms with van der Waals surface area (Å²) in [5, 5.41) is 0.722. The topological polar surface area (TPSA) is 25.2 Å². The van der Waals surface area contributed by atoms with E-state index in [1.54, 1.807) is 0 Å². The van der Waals surface area contributed by atoms with Crippen molar-refractivity contribution in [2.45, 2.75) is 38.3 Å². The zero-order valence-corrected chi connectivity index (χ0v) is 13.9. The molecular weight excluding hydrogens is 308 g/mol. The molecule has 1 aliphatic heterocycles. The van der Waals surface area contributed by atoms with Crippen LogP contribution in [0.15, 0.2) is 42.6 Å². The molecule has 4 heteroatoms. The molecule has 23 heavy (non-hydrogen) atoms. The molecule has 1 aromatic carbocycles. The van der Waals surface area contributed by atoms with E-state index in [4.69, 9.17) is 11.6 Å². The van der Waals surface area contributed by atoms with Gasteiger partial charge >= 0.3 is 0 Å². The van der Waals surface area contributed by atoms with Crippen molar-refractivity contribution in [3.05, 3.63) is 58.9 Å². The summed E-state index contributed by atoms with van der Waals surface area (Å²) in [5.41, 5.74) is 2.29. The normalized spacial score (nSPS) is 21.4. The van der Waals surface area contributed by atoms with Gasteiger partial charge in [0.1, 0.15) is 0 Å². The summed E-state index contributed by atoms with van der Waals surface area (Å²) >= 11 is 6.21. The number of amides is 1. The lowest BCUT2D eigenvalue weighted by Gasteiger charge is -2.38. The van der Waals surface area contributed by atoms with Gasteiger partial charge in [0.25, 0.3) is 0 Å². The van der Waals surface area contributed by atoms with E-state index in [9.17, 15) is 4.79 Å². The van der Waals surface area contributed by atoms with E-state index < -0.39 is 0 Å². The minimum Gasteiger partial charge on any atom is -0.348 e. The fraction of sp³-hybridized carbons (Fsp3) is 0.421. The first-order valence-corrected chi connectivity index (χ1v) is 8.83. The second kappa shape index (κ2) is 6.04. The van der Waals surface area contributed by atoms with Crippen LogP contribution in [0.2, 0.25) is 5.02 Å². The largest absolute Gasteiger partial charge is 0.348 e. The highest BCUT2D eigenvalue weighted by atomic mass is 35.5. The molecule has 1 saturated carbocycles. The van der Waals surface area contributed by atoms with Crippen LogP contribution < -0.4 is 0 Å². The fourth-order valence-corrected chi connectivity index (χ4v) is 4.25. The molecule has 2 aromatic rings. The lowest BCUT2D eigenvalue weighted by Crippen LogP contribution is -2.44. The van der Waals surface area contributed by atoms with E-state index in [-0.39, 0.29) is 12.0 Å². The average Bonchev–Trinajstić information content (AvgIpc) is 3.24. The number of hydrogen-bond donors (Lipinski definition) is 0. The number of nitrogens with zero attached hydrogens (tertiary/aromatic N) is 2. The van der Waals surface area contributed by atoms with Gasteiger partial charge in [-0.05, 0) is 42.7 Å². The van der Waals surface area contributed by atoms with E-state index in [1.807, 2.05) is 18.2 Å². The van der Waals surface area contributed by atoms with E-state index in [2.05, 4.69) is 33.9 Å². The minimum absolute atomic E-state index is 0.0226. The summed E-state index contributed by atoms with van der Waals surface area (Å²) in [6.45, 7) is 1.64. The van der Waals surface area contributed by atoms with Crippen LogP contribution in [0.4, 0.5) is 0 Å². The van der Waals surface area contributed by atoms with Crippen molar-refractivity contribution in [1.82, 2.24) is 9.47 Å². The number of benzene rings is 1. The Morgan fingerprint density at radius 1 is 1.09 bits per heavy atom. The van der Waals surface area contributed by atoms with E-state index >= 15 is 0 Å². The Hall–Kier alpha value is -1.74. The van der Waals surface area contributed by atoms with Gasteiger partial charge < -0.3 is 9.47 Å². The number of carbonyl (C=O) groups excluding carboxylic acids is 1. The van der Waals surface area contributed by atoms with Gasteiger partial charge in [-0.3, -0.25) is 4.79 Å². The first kappa shape index (κ1) is 14.8. The van der Waals surface area contributed by atoms with Crippen molar-refractivity contribution in [3.8, 4) is 0 Å². The van der Waals surface area contributed by atoms with Crippen molar-refractivity contribution >= 4 is 17.5 Å². The van der Waals surface area contributed by atoms with Gasteiger partial charge in [0.2, 0.25) is 5.91 Å². The molecule has 0 saturated heterocycles. The average molecular weight is 329 g/mol. The summed E-state index contributed by atoms with van der Waals surface area (Å²) in [7, 11) is 0. The predicted molar refractivity (Wildman–Crippen MR) is 91.4 cm³/mol. The Balaban J connectivity index is 1.74. The van der Waals surface area contributed by atoms with Crippen LogP contribution in [0, 0.1) is 5.92 Å². The maximum Gasteiger partial charge on any atom is 0.226 e. The molecule has 1 fully saturated rings. The van der Waals surface area contributed by atoms with Crippen LogP contribution in [-0.2, 0) is 11.3 Å². The van der Waals surface area contributed by atoms with Crippen LogP contribution in [-0.4, -0.2) is 21.9 Å². The van der Waals surface area contributed by atoms with Crippen molar-refractivity contribution in [1.29, 1.82) is 0 Å². The molecule has 0 bridgehead atoms. The summed E-state index contributed by atoms with van der Waals surface area (Å²) in [6.07, 6.45) is 6.55. The lowest BCUT2D eigenvalue weighted by molar-refractivity contribution is -0.138. The Morgan fingerprint density at radius 3 is 2.70 bits per heavy atom. The molecule has 3 nitrogen and oxygen atoms in total. The van der Waals surface area contributed by atoms with E-state index in [0.717, 1.165) is 36.5 Å². The Morgan fingerprint density at radius 2 is 1.91 bits per heavy atom. The van der Waals surface area contributed by atoms with Crippen LogP contribution in [0.25, 0.3) is 0 Å². The highest BCUT2D eigenvalue weighted by Gasteiger charge is 2.36. The second-order valence-electron chi connectivity index (χ2n) is 6.60. The molecule has 2 aliphatic rings. The standard InChI is InChI=1S/C19H21ClN2O/c20-16-8-3-7-15(13-16)18-17-9-4-10-21(17)11-12-22(18)19(23)14-5-1-2-6-14/h3-4,7-10,13-14,18H,1-2,5-6,11-12H2/t18-/m0/s1. The predicted octanol–water partition coefficient (Wildman–Crippen LogP) is 4.26. The van der Waals surface area contributed by atoms with Crippen LogP contribution in [0.5, 0.6) is 0 Å². The zero-order valence-electron chi connectivity index (χ0n) is 13.1. The fourth-order valence-electron chi connectivity index (χ4n) is 4.06. The van der Waals surface area contributed by atoms with Gasteiger partial charge in [-0.2, -0.15) is 0 Å². The van der Waals surface area contributed by atoms with Crippen LogP contribution >= 0.6 is 11.6 Å². The van der Waals surface area contributed by atoms with Gasteiger partial charge in [0, 0.05) is 35.9 Å². The molecule has 0 N–H and O–H groups in total. The maximum atomic E-state index is 13.1. The van der Waals surface area contributed by atoms with Gasteiger partial charge in [0.05, 0.1) is 6.04 Å². The minimum atomic E-state index is -0.0226. The summed E-state index contributed by atoms with van der Waals surface area (Å²) in [6, 6.07) is 12.1. The smallest absolute Gasteiger partial charge is 0.226 e. The third-order valence-corrected chi connectivity index (χ3v) is 5.43. The highest BCUT2D eigenvalue weighted by molar-refractivity contribution is 6.30. The second-order valence-corrected chi connectivity index (χ2v) is 7.03. The van der Waals surface area contributed by atoms with Crippen LogP contribution in [0.1, 0.15) is 43.0 Å². The number of hydrogen-bond acceptors (Lipinski definition) is 1. The monoisotopic (exact) mass is 328 g/mol. The summed E-state index contributed by atoms with van der Waals surface area (Å²) < 4.78 is 2.25. The maximum absolute atomic E-state index is 13.1. The molecule has 2 heterocycles. The van der Waals surface area contributed by atoms with Crippen molar-refractivity contribution in [2.24, 2.45) is 5.92 Å². The zero-order chi connectivity index (χ0) is 15.8. The van der Waals surface area contributed by atoms with Crippen molar-refractivity contribution in [3.63, 3.8) is 0 Å². The Kier molecular flexibility index (Phi) is 3.90. The van der Waals surface area contributed by atoms with Crippen molar-refractivity contribution < 1.29 is 4.79 Å². The third kappa shape index (κ3) is 2.67. The van der Waals surface area contributed by atoms with Gasteiger partial charge in [0.15, 0.2) is 0 Å². The van der Waals surface area contributed by atoms with Crippen LogP contribution in [0.3, 0.4) is 0 Å². The lowest BCUT2D eigenvalue weighted by atomic mass is 9.97. The molecule has 1 amide bonds. The Labute approximate surface area is 141 Å². The molecule has 1 aromatic heterocycles. The van der Waals surface area contributed by atoms with E-state index in [0.29, 0.717) is 5.91 Å². The number of rotatable bonds is 2. The summed E-state index contributed by atoms with van der Waals surface area (Å²) in [4.78, 5) is 15.2. The Bertz CT molecular complexity index is 718. The quantitative estimate of drug-likeness (QED) is 0.808. The number of aromatic nitrogens is 1. The number of carbonyl (C=O) groups is 1. The van der Waals surface area contributed by atoms with Gasteiger partial charge in [-0.1, -0.05) is 36.6 Å². The molecule has 1 aliphatic carbocycles. The van der Waals surface area contributed by atoms with Gasteiger partial charge in [-0.25, -0.2) is 0 Å². The molecule has 4 rings (SSSR count). The summed E-state index contributed by atoms with van der Waals surface area (Å²) in [5.74, 6) is 0.526. The third-order valence-electron chi connectivity index (χ3n) is 5.19. The molecule has 0 unspecified atom stereocenters. The highest BCUT2D eigenvalue weighted by Crippen LogP contribution is 2.36. The first-order valence-electron chi connectivity index (χ1n) is 8.45. The number of fused-ring (bicyclic) bond motifs is 1.